The number of nitrogens with one attached hydrogen (secondary N) is 1. The SMILES string of the molecule is Cn1c(=O)c2c(nc(NN=Cc3cc(I)cc(I)c3O)n2C)n(C)c1=O. The van der Waals surface area contributed by atoms with Gasteiger partial charge in [0, 0.05) is 30.3 Å². The molecule has 0 bridgehead atoms. The monoisotopic (exact) mass is 580 g/mol. The van der Waals surface area contributed by atoms with Crippen molar-refractivity contribution in [1.82, 2.24) is 18.7 Å². The highest BCUT2D eigenvalue weighted by atomic mass is 127. The van der Waals surface area contributed by atoms with Crippen molar-refractivity contribution in [2.75, 3.05) is 5.43 Å². The van der Waals surface area contributed by atoms with Crippen LogP contribution in [0.15, 0.2) is 26.8 Å². The average molecular weight is 580 g/mol. The van der Waals surface area contributed by atoms with E-state index in [1.54, 1.807) is 20.2 Å². The molecule has 0 atom stereocenters. The van der Waals surface area contributed by atoms with Gasteiger partial charge < -0.3 is 9.67 Å². The third-order valence-electron chi connectivity index (χ3n) is 3.90. The molecular formula is C15H14I2N6O3. The van der Waals surface area contributed by atoms with Gasteiger partial charge in [0.1, 0.15) is 5.75 Å². The van der Waals surface area contributed by atoms with E-state index in [0.29, 0.717) is 17.0 Å². The lowest BCUT2D eigenvalue weighted by atomic mass is 10.2. The molecule has 3 rings (SSSR count). The van der Waals surface area contributed by atoms with Gasteiger partial charge in [-0.15, -0.1) is 0 Å². The molecule has 3 aromatic rings. The van der Waals surface area contributed by atoms with Crippen LogP contribution in [0.3, 0.4) is 0 Å². The average Bonchev–Trinajstić information content (AvgIpc) is 2.92. The van der Waals surface area contributed by atoms with Crippen molar-refractivity contribution in [1.29, 1.82) is 0 Å². The first-order valence-electron chi connectivity index (χ1n) is 7.32. The summed E-state index contributed by atoms with van der Waals surface area (Å²) in [7, 11) is 4.63. The lowest BCUT2D eigenvalue weighted by molar-refractivity contribution is 0.470. The van der Waals surface area contributed by atoms with E-state index >= 15 is 0 Å². The molecule has 11 heteroatoms. The van der Waals surface area contributed by atoms with E-state index in [2.05, 4.69) is 38.1 Å². The van der Waals surface area contributed by atoms with Gasteiger partial charge >= 0.3 is 5.69 Å². The fraction of sp³-hybridized carbons (Fsp3) is 0.200. The lowest BCUT2D eigenvalue weighted by Gasteiger charge is -2.04. The Morgan fingerprint density at radius 1 is 1.15 bits per heavy atom. The van der Waals surface area contributed by atoms with Crippen LogP contribution in [0.4, 0.5) is 5.95 Å². The Hall–Kier alpha value is -1.90. The van der Waals surface area contributed by atoms with Crippen LogP contribution in [-0.4, -0.2) is 30.0 Å². The van der Waals surface area contributed by atoms with Crippen molar-refractivity contribution in [3.8, 4) is 5.75 Å². The summed E-state index contributed by atoms with van der Waals surface area (Å²) in [4.78, 5) is 28.6. The summed E-state index contributed by atoms with van der Waals surface area (Å²) < 4.78 is 5.56. The molecule has 2 aromatic heterocycles. The number of phenolic OH excluding ortho intramolecular Hbond substituents is 1. The Morgan fingerprint density at radius 2 is 1.85 bits per heavy atom. The number of aromatic nitrogens is 4. The molecule has 0 fully saturated rings. The lowest BCUT2D eigenvalue weighted by Crippen LogP contribution is -2.37. The van der Waals surface area contributed by atoms with Crippen LogP contribution in [0.2, 0.25) is 0 Å². The Balaban J connectivity index is 2.02. The van der Waals surface area contributed by atoms with E-state index in [4.69, 9.17) is 0 Å². The first-order chi connectivity index (χ1) is 12.2. The van der Waals surface area contributed by atoms with Gasteiger partial charge in [0.25, 0.3) is 5.56 Å². The number of hydrogen-bond donors (Lipinski definition) is 2. The van der Waals surface area contributed by atoms with Crippen molar-refractivity contribution in [2.24, 2.45) is 26.2 Å². The summed E-state index contributed by atoms with van der Waals surface area (Å²) in [5.74, 6) is 0.437. The largest absolute Gasteiger partial charge is 0.506 e. The van der Waals surface area contributed by atoms with Crippen molar-refractivity contribution in [3.63, 3.8) is 0 Å². The van der Waals surface area contributed by atoms with Gasteiger partial charge in [-0.2, -0.15) is 10.1 Å². The van der Waals surface area contributed by atoms with E-state index in [1.807, 2.05) is 28.7 Å². The Labute approximate surface area is 174 Å². The fourth-order valence-electron chi connectivity index (χ4n) is 2.46. The zero-order valence-electron chi connectivity index (χ0n) is 14.0. The molecule has 0 radical (unpaired) electrons. The molecule has 0 aliphatic heterocycles. The summed E-state index contributed by atoms with van der Waals surface area (Å²) in [5.41, 5.74) is 2.98. The second-order valence-corrected chi connectivity index (χ2v) is 7.98. The second-order valence-electron chi connectivity index (χ2n) is 5.57. The number of nitrogens with zero attached hydrogens (tertiary/aromatic N) is 5. The van der Waals surface area contributed by atoms with Crippen molar-refractivity contribution in [2.45, 2.75) is 0 Å². The molecule has 0 spiro atoms. The van der Waals surface area contributed by atoms with E-state index < -0.39 is 11.2 Å². The summed E-state index contributed by atoms with van der Waals surface area (Å²) in [5, 5.41) is 14.2. The minimum absolute atomic E-state index is 0.137. The quantitative estimate of drug-likeness (QED) is 0.277. The number of aromatic hydroxyl groups is 1. The summed E-state index contributed by atoms with van der Waals surface area (Å²) >= 11 is 4.20. The second kappa shape index (κ2) is 7.02. The Morgan fingerprint density at radius 3 is 2.54 bits per heavy atom. The maximum atomic E-state index is 12.3. The highest BCUT2D eigenvalue weighted by molar-refractivity contribution is 14.1. The van der Waals surface area contributed by atoms with Gasteiger partial charge in [-0.1, -0.05) is 0 Å². The van der Waals surface area contributed by atoms with Crippen LogP contribution < -0.4 is 16.7 Å². The third kappa shape index (κ3) is 3.13. The minimum Gasteiger partial charge on any atom is -0.506 e. The molecule has 0 unspecified atom stereocenters. The molecule has 2 N–H and O–H groups in total. The third-order valence-corrected chi connectivity index (χ3v) is 5.35. The molecule has 136 valence electrons. The molecule has 0 saturated carbocycles. The van der Waals surface area contributed by atoms with Crippen molar-refractivity contribution >= 4 is 68.5 Å². The highest BCUT2D eigenvalue weighted by Gasteiger charge is 2.16. The predicted molar refractivity (Wildman–Crippen MR) is 116 cm³/mol. The first kappa shape index (κ1) is 18.9. The highest BCUT2D eigenvalue weighted by Crippen LogP contribution is 2.25. The van der Waals surface area contributed by atoms with Gasteiger partial charge in [-0.25, -0.2) is 10.2 Å². The van der Waals surface area contributed by atoms with Gasteiger partial charge in [0.05, 0.1) is 9.78 Å². The predicted octanol–water partition coefficient (Wildman–Crippen LogP) is 1.33. The van der Waals surface area contributed by atoms with Crippen LogP contribution >= 0.6 is 45.2 Å². The molecule has 1 aromatic carbocycles. The number of halogens is 2. The van der Waals surface area contributed by atoms with E-state index in [9.17, 15) is 14.7 Å². The zero-order valence-corrected chi connectivity index (χ0v) is 18.3. The number of hydrazone groups is 1. The summed E-state index contributed by atoms with van der Waals surface area (Å²) in [6, 6.07) is 3.64. The zero-order chi connectivity index (χ0) is 19.2. The number of imidazole rings is 1. The van der Waals surface area contributed by atoms with Crippen molar-refractivity contribution in [3.05, 3.63) is 45.7 Å². The molecule has 0 saturated heterocycles. The number of anilines is 1. The van der Waals surface area contributed by atoms with Crippen LogP contribution in [-0.2, 0) is 21.1 Å². The summed E-state index contributed by atoms with van der Waals surface area (Å²) in [6.07, 6.45) is 1.47. The fourth-order valence-corrected chi connectivity index (χ4v) is 4.35. The molecule has 0 amide bonds. The summed E-state index contributed by atoms with van der Waals surface area (Å²) in [6.45, 7) is 0. The van der Waals surface area contributed by atoms with Crippen LogP contribution in [0.1, 0.15) is 5.56 Å². The van der Waals surface area contributed by atoms with Gasteiger partial charge in [-0.05, 0) is 57.3 Å². The molecule has 0 aliphatic carbocycles. The first-order valence-corrected chi connectivity index (χ1v) is 9.47. The standard InChI is InChI=1S/C15H14I2N6O3/c1-21-10-12(22(2)15(26)23(3)13(10)25)19-14(21)20-18-6-7-4-8(16)5-9(17)11(7)24/h4-6,24H,1-3H3,(H,19,20). The van der Waals surface area contributed by atoms with E-state index in [-0.39, 0.29) is 11.4 Å². The van der Waals surface area contributed by atoms with Gasteiger partial charge in [0.15, 0.2) is 11.2 Å². The van der Waals surface area contributed by atoms with Crippen LogP contribution in [0.25, 0.3) is 11.2 Å². The van der Waals surface area contributed by atoms with E-state index in [1.165, 1.54) is 22.4 Å². The Kier molecular flexibility index (Phi) is 5.09. The number of fused-ring (bicyclic) bond motifs is 1. The van der Waals surface area contributed by atoms with Gasteiger partial charge in [-0.3, -0.25) is 13.9 Å². The van der Waals surface area contributed by atoms with Crippen LogP contribution in [0, 0.1) is 7.14 Å². The maximum absolute atomic E-state index is 12.3. The number of aryl methyl sites for hydroxylation is 2. The smallest absolute Gasteiger partial charge is 0.332 e. The number of rotatable bonds is 3. The van der Waals surface area contributed by atoms with Gasteiger partial charge in [0.2, 0.25) is 5.95 Å². The number of benzene rings is 1. The number of phenols is 1. The topological polar surface area (TPSA) is 106 Å². The molecule has 9 nitrogen and oxygen atoms in total. The van der Waals surface area contributed by atoms with Crippen LogP contribution in [0.5, 0.6) is 5.75 Å². The maximum Gasteiger partial charge on any atom is 0.332 e. The van der Waals surface area contributed by atoms with E-state index in [0.717, 1.165) is 11.7 Å². The van der Waals surface area contributed by atoms with Crippen molar-refractivity contribution < 1.29 is 5.11 Å². The Bertz CT molecular complexity index is 1180. The number of hydrogen-bond acceptors (Lipinski definition) is 6. The minimum atomic E-state index is -0.450. The molecule has 2 heterocycles. The molecule has 0 aliphatic rings. The molecule has 26 heavy (non-hydrogen) atoms. The molecular weight excluding hydrogens is 566 g/mol. The normalized spacial score (nSPS) is 11.6.